The van der Waals surface area contributed by atoms with Gasteiger partial charge in [-0.3, -0.25) is 4.99 Å². The molecular formula is C21H20FN3. The van der Waals surface area contributed by atoms with Gasteiger partial charge in [-0.1, -0.05) is 32.0 Å². The number of rotatable bonds is 1. The molecule has 25 heavy (non-hydrogen) atoms. The molecule has 1 aliphatic rings. The first-order chi connectivity index (χ1) is 11.8. The summed E-state index contributed by atoms with van der Waals surface area (Å²) in [6.07, 6.45) is 0. The number of benzene rings is 2. The molecule has 0 fully saturated rings. The number of hydrogen-bond acceptors (Lipinski definition) is 3. The molecule has 0 aliphatic carbocycles. The van der Waals surface area contributed by atoms with Crippen molar-refractivity contribution >= 4 is 16.6 Å². The second-order valence-electron chi connectivity index (χ2n) is 7.62. The third-order valence-corrected chi connectivity index (χ3v) is 5.57. The largest absolute Gasteiger partial charge is 0.275 e. The normalized spacial score (nSPS) is 17.9. The van der Waals surface area contributed by atoms with Crippen LogP contribution in [0, 0.1) is 5.82 Å². The second kappa shape index (κ2) is 5.19. The second-order valence-corrected chi connectivity index (χ2v) is 7.62. The lowest BCUT2D eigenvalue weighted by atomic mass is 9.66. The maximum Gasteiger partial charge on any atom is 0.123 e. The smallest absolute Gasteiger partial charge is 0.123 e. The number of aliphatic imine (C=N–C) groups is 1. The Morgan fingerprint density at radius 3 is 2.44 bits per heavy atom. The van der Waals surface area contributed by atoms with Gasteiger partial charge in [-0.25, -0.2) is 4.39 Å². The molecule has 0 atom stereocenters. The number of hydrogen-bond donors (Lipinski definition) is 0. The molecule has 0 N–H and O–H groups in total. The van der Waals surface area contributed by atoms with Crippen LogP contribution in [0.25, 0.3) is 10.9 Å². The van der Waals surface area contributed by atoms with Crippen LogP contribution in [0.5, 0.6) is 0 Å². The Morgan fingerprint density at radius 2 is 1.64 bits per heavy atom. The standard InChI is InChI=1S/C21H20FN3/c1-20(2)16-12-14(22)9-10-15(16)19(23-21(20,3)4)18-11-13-7-5-6-8-17(13)24-25-18/h5-12H,1-4H3. The van der Waals surface area contributed by atoms with E-state index in [0.717, 1.165) is 33.4 Å². The quantitative estimate of drug-likeness (QED) is 0.649. The summed E-state index contributed by atoms with van der Waals surface area (Å²) in [6.45, 7) is 8.37. The fourth-order valence-electron chi connectivity index (χ4n) is 3.34. The van der Waals surface area contributed by atoms with E-state index < -0.39 is 5.54 Å². The monoisotopic (exact) mass is 333 g/mol. The van der Waals surface area contributed by atoms with Gasteiger partial charge < -0.3 is 0 Å². The molecule has 0 radical (unpaired) electrons. The summed E-state index contributed by atoms with van der Waals surface area (Å²) in [5.74, 6) is -0.228. The Morgan fingerprint density at radius 1 is 0.880 bits per heavy atom. The zero-order chi connectivity index (χ0) is 17.8. The molecular weight excluding hydrogens is 313 g/mol. The summed E-state index contributed by atoms with van der Waals surface area (Å²) in [5, 5.41) is 9.73. The Bertz CT molecular complexity index is 1020. The van der Waals surface area contributed by atoms with Crippen LogP contribution in [0.2, 0.25) is 0 Å². The Labute approximate surface area is 146 Å². The van der Waals surface area contributed by atoms with Gasteiger partial charge in [0.05, 0.1) is 16.8 Å². The molecule has 0 saturated heterocycles. The topological polar surface area (TPSA) is 38.1 Å². The van der Waals surface area contributed by atoms with Gasteiger partial charge in [0.2, 0.25) is 0 Å². The van der Waals surface area contributed by atoms with Crippen LogP contribution in [0.4, 0.5) is 4.39 Å². The summed E-state index contributed by atoms with van der Waals surface area (Å²) >= 11 is 0. The van der Waals surface area contributed by atoms with Crippen molar-refractivity contribution in [3.63, 3.8) is 0 Å². The lowest BCUT2D eigenvalue weighted by Crippen LogP contribution is -2.46. The van der Waals surface area contributed by atoms with Crippen molar-refractivity contribution in [3.8, 4) is 0 Å². The van der Waals surface area contributed by atoms with Gasteiger partial charge in [0.25, 0.3) is 0 Å². The van der Waals surface area contributed by atoms with Gasteiger partial charge in [-0.05, 0) is 49.7 Å². The van der Waals surface area contributed by atoms with Gasteiger partial charge in [0.15, 0.2) is 0 Å². The summed E-state index contributed by atoms with van der Waals surface area (Å²) < 4.78 is 14.0. The average Bonchev–Trinajstić information content (AvgIpc) is 2.58. The van der Waals surface area contributed by atoms with Crippen molar-refractivity contribution in [1.82, 2.24) is 10.2 Å². The third kappa shape index (κ3) is 2.36. The van der Waals surface area contributed by atoms with Gasteiger partial charge in [0.1, 0.15) is 11.5 Å². The van der Waals surface area contributed by atoms with Crippen molar-refractivity contribution in [1.29, 1.82) is 0 Å². The average molecular weight is 333 g/mol. The predicted molar refractivity (Wildman–Crippen MR) is 98.7 cm³/mol. The van der Waals surface area contributed by atoms with E-state index in [2.05, 4.69) is 37.9 Å². The molecule has 1 aliphatic heterocycles. The number of halogens is 1. The molecule has 3 aromatic rings. The molecule has 0 amide bonds. The molecule has 4 rings (SSSR count). The van der Waals surface area contributed by atoms with Crippen molar-refractivity contribution in [2.24, 2.45) is 4.99 Å². The van der Waals surface area contributed by atoms with E-state index >= 15 is 0 Å². The molecule has 0 unspecified atom stereocenters. The van der Waals surface area contributed by atoms with Crippen LogP contribution < -0.4 is 0 Å². The fraction of sp³-hybridized carbons (Fsp3) is 0.286. The summed E-state index contributed by atoms with van der Waals surface area (Å²) in [6, 6.07) is 14.8. The van der Waals surface area contributed by atoms with Gasteiger partial charge >= 0.3 is 0 Å². The molecule has 0 spiro atoms. The minimum atomic E-state index is -0.392. The molecule has 1 aromatic heterocycles. The van der Waals surface area contributed by atoms with Crippen LogP contribution in [0.3, 0.4) is 0 Å². The Hall–Kier alpha value is -2.62. The van der Waals surface area contributed by atoms with Crippen LogP contribution in [0.15, 0.2) is 53.5 Å². The Balaban J connectivity index is 1.98. The third-order valence-electron chi connectivity index (χ3n) is 5.57. The highest BCUT2D eigenvalue weighted by Crippen LogP contribution is 2.44. The minimum absolute atomic E-state index is 0.228. The first-order valence-electron chi connectivity index (χ1n) is 8.43. The van der Waals surface area contributed by atoms with Crippen molar-refractivity contribution in [2.45, 2.75) is 38.6 Å². The maximum absolute atomic E-state index is 14.0. The summed E-state index contributed by atoms with van der Waals surface area (Å²) in [5.41, 5.74) is 3.54. The van der Waals surface area contributed by atoms with E-state index in [0.29, 0.717) is 0 Å². The number of nitrogens with zero attached hydrogens (tertiary/aromatic N) is 3. The number of fused-ring (bicyclic) bond motifs is 2. The van der Waals surface area contributed by atoms with Gasteiger partial charge in [-0.15, -0.1) is 10.2 Å². The van der Waals surface area contributed by atoms with Crippen molar-refractivity contribution in [2.75, 3.05) is 0 Å². The molecule has 4 heteroatoms. The van der Waals surface area contributed by atoms with Crippen LogP contribution in [-0.4, -0.2) is 21.4 Å². The van der Waals surface area contributed by atoms with E-state index in [1.807, 2.05) is 30.3 Å². The highest BCUT2D eigenvalue weighted by molar-refractivity contribution is 6.14. The first kappa shape index (κ1) is 15.9. The molecule has 3 nitrogen and oxygen atoms in total. The van der Waals surface area contributed by atoms with E-state index in [1.54, 1.807) is 12.1 Å². The summed E-state index contributed by atoms with van der Waals surface area (Å²) in [4.78, 5) is 5.01. The summed E-state index contributed by atoms with van der Waals surface area (Å²) in [7, 11) is 0. The van der Waals surface area contributed by atoms with Gasteiger partial charge in [0, 0.05) is 16.4 Å². The zero-order valence-electron chi connectivity index (χ0n) is 14.8. The predicted octanol–water partition coefficient (Wildman–Crippen LogP) is 4.68. The molecule has 2 heterocycles. The molecule has 2 aromatic carbocycles. The van der Waals surface area contributed by atoms with Crippen molar-refractivity contribution < 1.29 is 4.39 Å². The van der Waals surface area contributed by atoms with E-state index in [9.17, 15) is 4.39 Å². The van der Waals surface area contributed by atoms with E-state index in [4.69, 9.17) is 4.99 Å². The van der Waals surface area contributed by atoms with Crippen molar-refractivity contribution in [3.05, 3.63) is 71.2 Å². The zero-order valence-corrected chi connectivity index (χ0v) is 14.8. The number of aromatic nitrogens is 2. The lowest BCUT2D eigenvalue weighted by Gasteiger charge is -2.44. The fourth-order valence-corrected chi connectivity index (χ4v) is 3.34. The van der Waals surface area contributed by atoms with Gasteiger partial charge in [-0.2, -0.15) is 0 Å². The van der Waals surface area contributed by atoms with E-state index in [1.165, 1.54) is 6.07 Å². The van der Waals surface area contributed by atoms with E-state index in [-0.39, 0.29) is 11.2 Å². The van der Waals surface area contributed by atoms with Crippen LogP contribution in [-0.2, 0) is 5.41 Å². The first-order valence-corrected chi connectivity index (χ1v) is 8.43. The highest BCUT2D eigenvalue weighted by Gasteiger charge is 2.44. The molecule has 0 bridgehead atoms. The van der Waals surface area contributed by atoms with Crippen LogP contribution >= 0.6 is 0 Å². The lowest BCUT2D eigenvalue weighted by molar-refractivity contribution is 0.302. The Kier molecular flexibility index (Phi) is 3.29. The molecule has 126 valence electrons. The maximum atomic E-state index is 14.0. The van der Waals surface area contributed by atoms with Crippen LogP contribution in [0.1, 0.15) is 44.5 Å². The minimum Gasteiger partial charge on any atom is -0.275 e. The SMILES string of the molecule is CC1(C)N=C(c2cc3ccccc3nn2)c2ccc(F)cc2C1(C)C. The molecule has 0 saturated carbocycles. The highest BCUT2D eigenvalue weighted by atomic mass is 19.1.